The third-order valence-electron chi connectivity index (χ3n) is 2.40. The lowest BCUT2D eigenvalue weighted by Gasteiger charge is -2.15. The van der Waals surface area contributed by atoms with E-state index < -0.39 is 5.41 Å². The first-order chi connectivity index (χ1) is 6.63. The van der Waals surface area contributed by atoms with Crippen LogP contribution in [0.1, 0.15) is 19.4 Å². The van der Waals surface area contributed by atoms with Crippen LogP contribution in [0.15, 0.2) is 30.7 Å². The van der Waals surface area contributed by atoms with Gasteiger partial charge in [-0.1, -0.05) is 0 Å². The summed E-state index contributed by atoms with van der Waals surface area (Å²) in [4.78, 5) is 4.18. The van der Waals surface area contributed by atoms with Gasteiger partial charge in [0.05, 0.1) is 11.5 Å². The Kier molecular flexibility index (Phi) is 1.78. The molecule has 3 heteroatoms. The van der Waals surface area contributed by atoms with Gasteiger partial charge >= 0.3 is 0 Å². The average molecular weight is 185 g/mol. The lowest BCUT2D eigenvalue weighted by molar-refractivity contribution is 0.686. The number of fused-ring (bicyclic) bond motifs is 1. The van der Waals surface area contributed by atoms with Gasteiger partial charge < -0.3 is 4.40 Å². The predicted molar refractivity (Wildman–Crippen MR) is 53.8 cm³/mol. The van der Waals surface area contributed by atoms with Gasteiger partial charge in [0, 0.05) is 18.6 Å². The SMILES string of the molecule is CC(C)(C#N)c1ccn2ccnc2c1. The van der Waals surface area contributed by atoms with Crippen molar-refractivity contribution in [2.75, 3.05) is 0 Å². The van der Waals surface area contributed by atoms with Gasteiger partial charge in [-0.3, -0.25) is 0 Å². The normalized spacial score (nSPS) is 11.5. The molecule has 0 aromatic carbocycles. The number of nitrogens with zero attached hydrogens (tertiary/aromatic N) is 3. The largest absolute Gasteiger partial charge is 0.307 e. The first-order valence-corrected chi connectivity index (χ1v) is 4.48. The molecule has 0 aliphatic carbocycles. The molecule has 0 fully saturated rings. The number of imidazole rings is 1. The summed E-state index contributed by atoms with van der Waals surface area (Å²) in [5, 5.41) is 8.99. The fourth-order valence-electron chi connectivity index (χ4n) is 1.36. The Hall–Kier alpha value is -1.82. The van der Waals surface area contributed by atoms with Crippen LogP contribution in [0.4, 0.5) is 0 Å². The molecule has 3 nitrogen and oxygen atoms in total. The predicted octanol–water partition coefficient (Wildman–Crippen LogP) is 2.14. The third kappa shape index (κ3) is 1.25. The summed E-state index contributed by atoms with van der Waals surface area (Å²) in [5.41, 5.74) is 1.43. The molecule has 0 aliphatic heterocycles. The Balaban J connectivity index is 2.61. The van der Waals surface area contributed by atoms with Crippen LogP contribution in [0, 0.1) is 11.3 Å². The maximum absolute atomic E-state index is 8.99. The van der Waals surface area contributed by atoms with Crippen LogP contribution >= 0.6 is 0 Å². The molecular weight excluding hydrogens is 174 g/mol. The van der Waals surface area contributed by atoms with E-state index in [2.05, 4.69) is 11.1 Å². The summed E-state index contributed by atoms with van der Waals surface area (Å²) in [6.07, 6.45) is 5.56. The summed E-state index contributed by atoms with van der Waals surface area (Å²) >= 11 is 0. The molecule has 0 atom stereocenters. The molecule has 0 saturated heterocycles. The Labute approximate surface area is 82.6 Å². The van der Waals surface area contributed by atoms with E-state index in [0.29, 0.717) is 0 Å². The van der Waals surface area contributed by atoms with Gasteiger partial charge in [0.25, 0.3) is 0 Å². The molecular formula is C11H11N3. The van der Waals surface area contributed by atoms with Crippen molar-refractivity contribution in [1.29, 1.82) is 5.26 Å². The molecule has 2 aromatic heterocycles. The number of aromatic nitrogens is 2. The Bertz CT molecular complexity index is 502. The molecule has 2 aromatic rings. The molecule has 0 N–H and O–H groups in total. The number of pyridine rings is 1. The highest BCUT2D eigenvalue weighted by molar-refractivity contribution is 5.45. The Morgan fingerprint density at radius 1 is 1.43 bits per heavy atom. The van der Waals surface area contributed by atoms with Crippen LogP contribution in [-0.4, -0.2) is 9.38 Å². The van der Waals surface area contributed by atoms with Gasteiger partial charge in [-0.05, 0) is 31.5 Å². The van der Waals surface area contributed by atoms with E-state index in [1.54, 1.807) is 6.20 Å². The van der Waals surface area contributed by atoms with Crippen molar-refractivity contribution in [3.8, 4) is 6.07 Å². The first-order valence-electron chi connectivity index (χ1n) is 4.48. The van der Waals surface area contributed by atoms with Gasteiger partial charge in [-0.15, -0.1) is 0 Å². The van der Waals surface area contributed by atoms with Crippen molar-refractivity contribution < 1.29 is 0 Å². The first kappa shape index (κ1) is 8.76. The van der Waals surface area contributed by atoms with Crippen molar-refractivity contribution in [1.82, 2.24) is 9.38 Å². The van der Waals surface area contributed by atoms with Crippen molar-refractivity contribution >= 4 is 5.65 Å². The number of hydrogen-bond acceptors (Lipinski definition) is 2. The summed E-state index contributed by atoms with van der Waals surface area (Å²) < 4.78 is 1.93. The van der Waals surface area contributed by atoms with Gasteiger partial charge in [0.2, 0.25) is 0 Å². The Morgan fingerprint density at radius 3 is 2.93 bits per heavy atom. The van der Waals surface area contributed by atoms with Crippen LogP contribution in [-0.2, 0) is 5.41 Å². The minimum Gasteiger partial charge on any atom is -0.307 e. The zero-order valence-corrected chi connectivity index (χ0v) is 8.23. The molecule has 0 radical (unpaired) electrons. The minimum absolute atomic E-state index is 0.451. The molecule has 0 amide bonds. The maximum atomic E-state index is 8.99. The van der Waals surface area contributed by atoms with Crippen LogP contribution in [0.2, 0.25) is 0 Å². The summed E-state index contributed by atoms with van der Waals surface area (Å²) in [6, 6.07) is 6.18. The zero-order chi connectivity index (χ0) is 10.2. The van der Waals surface area contributed by atoms with Crippen LogP contribution in [0.5, 0.6) is 0 Å². The van der Waals surface area contributed by atoms with Crippen molar-refractivity contribution in [3.63, 3.8) is 0 Å². The molecule has 2 rings (SSSR count). The van der Waals surface area contributed by atoms with Gasteiger partial charge in [-0.2, -0.15) is 5.26 Å². The fourth-order valence-corrected chi connectivity index (χ4v) is 1.36. The topological polar surface area (TPSA) is 41.1 Å². The second-order valence-electron chi connectivity index (χ2n) is 3.84. The molecule has 70 valence electrons. The summed E-state index contributed by atoms with van der Waals surface area (Å²) in [7, 11) is 0. The number of hydrogen-bond donors (Lipinski definition) is 0. The molecule has 0 spiro atoms. The second-order valence-corrected chi connectivity index (χ2v) is 3.84. The molecule has 2 heterocycles. The highest BCUT2D eigenvalue weighted by atomic mass is 15.0. The maximum Gasteiger partial charge on any atom is 0.136 e. The molecule has 0 aliphatic rings. The summed E-state index contributed by atoms with van der Waals surface area (Å²) in [5.74, 6) is 0. The fraction of sp³-hybridized carbons (Fsp3) is 0.273. The molecule has 0 unspecified atom stereocenters. The van der Waals surface area contributed by atoms with Gasteiger partial charge in [0.1, 0.15) is 5.65 Å². The van der Waals surface area contributed by atoms with Crippen LogP contribution in [0.3, 0.4) is 0 Å². The van der Waals surface area contributed by atoms with Crippen molar-refractivity contribution in [2.45, 2.75) is 19.3 Å². The van der Waals surface area contributed by atoms with E-state index in [0.717, 1.165) is 11.2 Å². The van der Waals surface area contributed by atoms with Gasteiger partial charge in [0.15, 0.2) is 0 Å². The second kappa shape index (κ2) is 2.85. The van der Waals surface area contributed by atoms with Gasteiger partial charge in [-0.25, -0.2) is 4.98 Å². The smallest absolute Gasteiger partial charge is 0.136 e. The number of nitriles is 1. The van der Waals surface area contributed by atoms with Crippen LogP contribution < -0.4 is 0 Å². The van der Waals surface area contributed by atoms with E-state index in [9.17, 15) is 0 Å². The quantitative estimate of drug-likeness (QED) is 0.683. The Morgan fingerprint density at radius 2 is 2.21 bits per heavy atom. The lowest BCUT2D eigenvalue weighted by atomic mass is 9.87. The van der Waals surface area contributed by atoms with Crippen LogP contribution in [0.25, 0.3) is 5.65 Å². The van der Waals surface area contributed by atoms with Crippen molar-refractivity contribution in [2.24, 2.45) is 0 Å². The molecule has 14 heavy (non-hydrogen) atoms. The standard InChI is InChI=1S/C11H11N3/c1-11(2,8-12)9-3-5-14-6-4-13-10(14)7-9/h3-7H,1-2H3. The van der Waals surface area contributed by atoms with E-state index in [1.807, 2.05) is 42.8 Å². The van der Waals surface area contributed by atoms with E-state index in [1.165, 1.54) is 0 Å². The van der Waals surface area contributed by atoms with E-state index in [4.69, 9.17) is 5.26 Å². The lowest BCUT2D eigenvalue weighted by Crippen LogP contribution is -2.13. The van der Waals surface area contributed by atoms with Crippen molar-refractivity contribution in [3.05, 3.63) is 36.3 Å². The minimum atomic E-state index is -0.451. The van der Waals surface area contributed by atoms with E-state index in [-0.39, 0.29) is 0 Å². The van der Waals surface area contributed by atoms with E-state index >= 15 is 0 Å². The summed E-state index contributed by atoms with van der Waals surface area (Å²) in [6.45, 7) is 3.81. The zero-order valence-electron chi connectivity index (χ0n) is 8.23. The molecule has 0 bridgehead atoms. The monoisotopic (exact) mass is 185 g/mol. The molecule has 0 saturated carbocycles. The number of rotatable bonds is 1. The highest BCUT2D eigenvalue weighted by Crippen LogP contribution is 2.22. The average Bonchev–Trinajstić information content (AvgIpc) is 2.64. The highest BCUT2D eigenvalue weighted by Gasteiger charge is 2.19. The third-order valence-corrected chi connectivity index (χ3v) is 2.40.